The summed E-state index contributed by atoms with van der Waals surface area (Å²) in [6, 6.07) is 14.5. The van der Waals surface area contributed by atoms with Gasteiger partial charge in [-0.2, -0.15) is 0 Å². The van der Waals surface area contributed by atoms with Crippen LogP contribution in [-0.4, -0.2) is 51.6 Å². The summed E-state index contributed by atoms with van der Waals surface area (Å²) in [5.74, 6) is 0. The van der Waals surface area contributed by atoms with Gasteiger partial charge in [-0.05, 0) is 56.2 Å². The summed E-state index contributed by atoms with van der Waals surface area (Å²) >= 11 is 0. The first-order valence-electron chi connectivity index (χ1n) is 11.4. The monoisotopic (exact) mass is 495 g/mol. The van der Waals surface area contributed by atoms with Gasteiger partial charge in [0.2, 0.25) is 0 Å². The molecule has 0 radical (unpaired) electrons. The van der Waals surface area contributed by atoms with Crippen LogP contribution in [0.5, 0.6) is 0 Å². The largest absolute Gasteiger partial charge is 0.465 e. The Bertz CT molecular complexity index is 1200. The molecule has 2 amide bonds. The van der Waals surface area contributed by atoms with E-state index in [4.69, 9.17) is 9.84 Å². The topological polar surface area (TPSA) is 101 Å². The first-order valence-corrected chi connectivity index (χ1v) is 11.4. The van der Waals surface area contributed by atoms with E-state index in [2.05, 4.69) is 10.3 Å². The predicted molar refractivity (Wildman–Crippen MR) is 137 cm³/mol. The highest BCUT2D eigenvalue weighted by Crippen LogP contribution is 2.22. The van der Waals surface area contributed by atoms with Gasteiger partial charge in [0.1, 0.15) is 18.0 Å². The quantitative estimate of drug-likeness (QED) is 0.416. The Hall–Kier alpha value is -4.21. The van der Waals surface area contributed by atoms with E-state index in [1.165, 1.54) is 16.6 Å². The molecule has 0 atom stereocenters. The lowest BCUT2D eigenvalue weighted by Crippen LogP contribution is -2.36. The zero-order valence-corrected chi connectivity index (χ0v) is 20.8. The van der Waals surface area contributed by atoms with E-state index < -0.39 is 24.5 Å². The van der Waals surface area contributed by atoms with Gasteiger partial charge in [0.15, 0.2) is 0 Å². The molecule has 0 aliphatic carbocycles. The van der Waals surface area contributed by atoms with Crippen molar-refractivity contribution < 1.29 is 23.8 Å². The molecule has 10 heteroatoms. The molecule has 3 rings (SSSR count). The third-order valence-electron chi connectivity index (χ3n) is 5.07. The van der Waals surface area contributed by atoms with E-state index in [-0.39, 0.29) is 13.1 Å². The normalized spacial score (nSPS) is 11.5. The average molecular weight is 496 g/mol. The summed E-state index contributed by atoms with van der Waals surface area (Å²) < 4.78 is 19.6. The summed E-state index contributed by atoms with van der Waals surface area (Å²) in [6.45, 7) is 5.03. The lowest BCUT2D eigenvalue weighted by Gasteiger charge is -2.27. The van der Waals surface area contributed by atoms with Crippen LogP contribution in [0.4, 0.5) is 25.4 Å². The van der Waals surface area contributed by atoms with Gasteiger partial charge in [-0.3, -0.25) is 9.80 Å². The lowest BCUT2D eigenvalue weighted by molar-refractivity contribution is 0.0577. The first kappa shape index (κ1) is 26.4. The molecule has 0 unspecified atom stereocenters. The first-order chi connectivity index (χ1) is 17.1. The van der Waals surface area contributed by atoms with Crippen molar-refractivity contribution in [1.82, 2.24) is 15.0 Å². The second kappa shape index (κ2) is 11.5. The summed E-state index contributed by atoms with van der Waals surface area (Å²) in [6.07, 6.45) is 3.88. The molecule has 0 aliphatic heterocycles. The van der Waals surface area contributed by atoms with Gasteiger partial charge in [-0.1, -0.05) is 41.6 Å². The van der Waals surface area contributed by atoms with Crippen LogP contribution in [0.25, 0.3) is 12.2 Å². The van der Waals surface area contributed by atoms with Gasteiger partial charge in [-0.15, -0.1) is 5.10 Å². The summed E-state index contributed by atoms with van der Waals surface area (Å²) in [5.41, 5.74) is 2.84. The maximum absolute atomic E-state index is 12.9. The Labute approximate surface area is 209 Å². The standard InChI is InChI=1S/C26H30FN5O4/c1-26(2,3)36-25(35)32(18-21-17-31(16-15-27)29-28-21)23-13-9-20(10-14-23)6-5-19-7-11-22(12-8-19)30(4)24(33)34/h5-14,17H,15-16,18H2,1-4H3,(H,33,34)/b6-5+. The van der Waals surface area contributed by atoms with E-state index in [0.29, 0.717) is 17.1 Å². The number of aromatic nitrogens is 3. The molecule has 1 aromatic heterocycles. The SMILES string of the molecule is CN(C(=O)O)c1ccc(/C=C/c2ccc(N(Cc3cn(CCF)nn3)C(=O)OC(C)(C)C)cc2)cc1. The predicted octanol–water partition coefficient (Wildman–Crippen LogP) is 5.47. The van der Waals surface area contributed by atoms with E-state index in [9.17, 15) is 14.0 Å². The summed E-state index contributed by atoms with van der Waals surface area (Å²) in [4.78, 5) is 26.6. The molecule has 190 valence electrons. The Morgan fingerprint density at radius 3 is 2.08 bits per heavy atom. The number of rotatable bonds is 8. The van der Waals surface area contributed by atoms with Crippen LogP contribution in [0.1, 0.15) is 37.6 Å². The van der Waals surface area contributed by atoms with Crippen LogP contribution in [0.15, 0.2) is 54.7 Å². The molecule has 36 heavy (non-hydrogen) atoms. The van der Waals surface area contributed by atoms with Crippen molar-refractivity contribution in [3.63, 3.8) is 0 Å². The Morgan fingerprint density at radius 2 is 1.58 bits per heavy atom. The van der Waals surface area contributed by atoms with Crippen molar-refractivity contribution in [3.8, 4) is 0 Å². The smallest absolute Gasteiger partial charge is 0.415 e. The van der Waals surface area contributed by atoms with Crippen molar-refractivity contribution in [2.75, 3.05) is 23.5 Å². The van der Waals surface area contributed by atoms with Crippen LogP contribution in [-0.2, 0) is 17.8 Å². The van der Waals surface area contributed by atoms with Gasteiger partial charge >= 0.3 is 12.2 Å². The van der Waals surface area contributed by atoms with Crippen LogP contribution >= 0.6 is 0 Å². The molecule has 0 saturated carbocycles. The van der Waals surface area contributed by atoms with Crippen molar-refractivity contribution >= 4 is 35.7 Å². The average Bonchev–Trinajstić information content (AvgIpc) is 3.27. The van der Waals surface area contributed by atoms with E-state index in [0.717, 1.165) is 16.0 Å². The molecule has 0 saturated heterocycles. The molecule has 0 bridgehead atoms. The fourth-order valence-corrected chi connectivity index (χ4v) is 3.22. The van der Waals surface area contributed by atoms with E-state index in [1.807, 2.05) is 36.4 Å². The number of anilines is 2. The zero-order valence-electron chi connectivity index (χ0n) is 20.8. The molecule has 0 spiro atoms. The maximum Gasteiger partial charge on any atom is 0.415 e. The Kier molecular flexibility index (Phi) is 8.42. The fraction of sp³-hybridized carbons (Fsp3) is 0.308. The number of alkyl halides is 1. The number of amides is 2. The number of hydrogen-bond acceptors (Lipinski definition) is 5. The number of aryl methyl sites for hydroxylation is 1. The molecule has 0 fully saturated rings. The lowest BCUT2D eigenvalue weighted by atomic mass is 10.1. The number of nitrogens with zero attached hydrogens (tertiary/aromatic N) is 5. The zero-order chi connectivity index (χ0) is 26.3. The number of carbonyl (C=O) groups is 2. The highest BCUT2D eigenvalue weighted by atomic mass is 19.1. The van der Waals surface area contributed by atoms with Crippen molar-refractivity contribution in [2.24, 2.45) is 0 Å². The van der Waals surface area contributed by atoms with E-state index in [1.54, 1.807) is 51.2 Å². The minimum atomic E-state index is -1.02. The van der Waals surface area contributed by atoms with Gasteiger partial charge in [0, 0.05) is 18.4 Å². The minimum absolute atomic E-state index is 0.0967. The Balaban J connectivity index is 1.76. The van der Waals surface area contributed by atoms with Crippen molar-refractivity contribution in [3.05, 3.63) is 71.5 Å². The van der Waals surface area contributed by atoms with Crippen LogP contribution in [0.3, 0.4) is 0 Å². The molecular weight excluding hydrogens is 465 g/mol. The van der Waals surface area contributed by atoms with Gasteiger partial charge in [0.25, 0.3) is 0 Å². The number of hydrogen-bond donors (Lipinski definition) is 1. The van der Waals surface area contributed by atoms with Crippen LogP contribution in [0, 0.1) is 0 Å². The van der Waals surface area contributed by atoms with Gasteiger partial charge < -0.3 is 9.84 Å². The number of ether oxygens (including phenoxy) is 1. The number of carbonyl (C=O) groups excluding carboxylic acids is 1. The molecule has 9 nitrogen and oxygen atoms in total. The summed E-state index contributed by atoms with van der Waals surface area (Å²) in [5, 5.41) is 17.0. The molecule has 1 N–H and O–H groups in total. The van der Waals surface area contributed by atoms with Crippen LogP contribution in [0.2, 0.25) is 0 Å². The third kappa shape index (κ3) is 7.39. The van der Waals surface area contributed by atoms with Crippen molar-refractivity contribution in [2.45, 2.75) is 39.5 Å². The molecule has 0 aliphatic rings. The molecule has 3 aromatic rings. The fourth-order valence-electron chi connectivity index (χ4n) is 3.22. The number of halogens is 1. The van der Waals surface area contributed by atoms with Gasteiger partial charge in [-0.25, -0.2) is 18.7 Å². The highest BCUT2D eigenvalue weighted by molar-refractivity contribution is 5.88. The minimum Gasteiger partial charge on any atom is -0.465 e. The molecule has 1 heterocycles. The molecular formula is C26H30FN5O4. The number of benzene rings is 2. The van der Waals surface area contributed by atoms with Gasteiger partial charge in [0.05, 0.1) is 19.3 Å². The van der Waals surface area contributed by atoms with E-state index >= 15 is 0 Å². The Morgan fingerprint density at radius 1 is 1.03 bits per heavy atom. The summed E-state index contributed by atoms with van der Waals surface area (Å²) in [7, 11) is 1.49. The second-order valence-corrected chi connectivity index (χ2v) is 9.09. The highest BCUT2D eigenvalue weighted by Gasteiger charge is 2.24. The third-order valence-corrected chi connectivity index (χ3v) is 5.07. The maximum atomic E-state index is 12.9. The number of carboxylic acid groups (broad SMARTS) is 1. The second-order valence-electron chi connectivity index (χ2n) is 9.09. The molecule has 2 aromatic carbocycles. The van der Waals surface area contributed by atoms with Crippen LogP contribution < -0.4 is 9.80 Å². The van der Waals surface area contributed by atoms with Crippen molar-refractivity contribution in [1.29, 1.82) is 0 Å².